The van der Waals surface area contributed by atoms with Gasteiger partial charge in [-0.2, -0.15) is 7.82 Å². The van der Waals surface area contributed by atoms with Crippen LogP contribution in [0.4, 0.5) is 5.13 Å². The van der Waals surface area contributed by atoms with Crippen LogP contribution in [0.1, 0.15) is 37.0 Å². The first kappa shape index (κ1) is 48.3. The number of carbonyl (C=O) groups excluding carboxylic acids is 4. The number of ether oxygens (including phenoxy) is 2. The number of aromatic nitrogens is 2. The second kappa shape index (κ2) is 21.2. The van der Waals surface area contributed by atoms with Gasteiger partial charge in [-0.1, -0.05) is 11.2 Å². The number of thioether (sulfide) groups is 1. The van der Waals surface area contributed by atoms with Crippen LogP contribution in [0.3, 0.4) is 0 Å². The molecule has 2 aliphatic rings. The number of esters is 2. The molecule has 250 valence electrons. The van der Waals surface area contributed by atoms with Crippen molar-refractivity contribution in [3.05, 3.63) is 44.5 Å². The number of rotatable bonds is 9. The van der Waals surface area contributed by atoms with Crippen molar-refractivity contribution in [1.29, 1.82) is 0 Å². The van der Waals surface area contributed by atoms with Gasteiger partial charge in [0, 0.05) is 16.0 Å². The van der Waals surface area contributed by atoms with Gasteiger partial charge in [0.1, 0.15) is 29.9 Å². The molecule has 0 radical (unpaired) electrons. The molecule has 0 aromatic carbocycles. The summed E-state index contributed by atoms with van der Waals surface area (Å²) in [5.41, 5.74) is 8.03. The molecular formula is C25H28N6Na3O11PS3. The number of β-lactam (4-membered cyclic amide) rings is 1. The molecule has 4 rings (SSSR count). The first-order valence-corrected chi connectivity index (χ1v) is 17.2. The summed E-state index contributed by atoms with van der Waals surface area (Å²) in [6, 6.07) is -0.957. The molecule has 0 bridgehead atoms. The minimum absolute atomic E-state index is 0. The van der Waals surface area contributed by atoms with E-state index in [2.05, 4.69) is 20.4 Å². The third-order valence-electron chi connectivity index (χ3n) is 5.85. The van der Waals surface area contributed by atoms with Crippen molar-refractivity contribution in [3.63, 3.8) is 0 Å². The van der Waals surface area contributed by atoms with E-state index in [4.69, 9.17) is 39.3 Å². The van der Waals surface area contributed by atoms with Gasteiger partial charge in [0.15, 0.2) is 10.8 Å². The van der Waals surface area contributed by atoms with Gasteiger partial charge in [0.2, 0.25) is 6.79 Å². The summed E-state index contributed by atoms with van der Waals surface area (Å²) in [6.07, 6.45) is 3.55. The molecule has 2 aliphatic heterocycles. The monoisotopic (exact) mass is 784 g/mol. The number of nitrogens with two attached hydrogens (primary N) is 1. The molecule has 2 aromatic rings. The zero-order valence-electron chi connectivity index (χ0n) is 27.9. The molecule has 1 saturated heterocycles. The SMILES string of the molecule is CO/N=C(\C(=O)N[C@@H]1C(=O)N2C(C(=O)OCOC(=O)C(C)(C)C)=C(/C=C\c3scnc3C)CS[C@H]12)c1csc(N)n1.O=P([O-])([O-])[O-].[Na+].[Na+].[Na+]. The minimum Gasteiger partial charge on any atom is -0.822 e. The van der Waals surface area contributed by atoms with Crippen LogP contribution >= 0.6 is 42.3 Å². The maximum atomic E-state index is 13.3. The van der Waals surface area contributed by atoms with E-state index in [9.17, 15) is 19.2 Å². The Bertz CT molecular complexity index is 1630. The number of aryl methyl sites for hydroxylation is 1. The van der Waals surface area contributed by atoms with Crippen LogP contribution in [-0.4, -0.2) is 75.4 Å². The van der Waals surface area contributed by atoms with Crippen LogP contribution < -0.4 is 114 Å². The van der Waals surface area contributed by atoms with Gasteiger partial charge < -0.3 is 44.6 Å². The number of fused-ring (bicyclic) bond motifs is 1. The van der Waals surface area contributed by atoms with Crippen LogP contribution in [-0.2, 0) is 38.1 Å². The van der Waals surface area contributed by atoms with Crippen LogP contribution in [0.25, 0.3) is 6.08 Å². The summed E-state index contributed by atoms with van der Waals surface area (Å²) < 4.78 is 18.9. The van der Waals surface area contributed by atoms with E-state index >= 15 is 0 Å². The fraction of sp³-hybridized carbons (Fsp3) is 0.400. The Balaban J connectivity index is 0.00000268. The second-order valence-electron chi connectivity index (χ2n) is 10.2. The fourth-order valence-corrected chi connectivity index (χ4v) is 6.29. The Morgan fingerprint density at radius 2 is 1.80 bits per heavy atom. The average Bonchev–Trinajstić information content (AvgIpc) is 3.58. The number of nitrogen functional groups attached to an aromatic ring is 1. The van der Waals surface area contributed by atoms with E-state index in [0.717, 1.165) is 21.9 Å². The van der Waals surface area contributed by atoms with Crippen molar-refractivity contribution in [2.75, 3.05) is 25.4 Å². The largest absolute Gasteiger partial charge is 1.00 e. The van der Waals surface area contributed by atoms with E-state index in [-0.39, 0.29) is 111 Å². The second-order valence-corrected chi connectivity index (χ2v) is 14.0. The number of thiazole rings is 2. The van der Waals surface area contributed by atoms with Crippen LogP contribution in [0.15, 0.2) is 33.4 Å². The molecule has 0 unspecified atom stereocenters. The molecule has 49 heavy (non-hydrogen) atoms. The Kier molecular flexibility index (Phi) is 20.9. The van der Waals surface area contributed by atoms with Crippen molar-refractivity contribution in [3.8, 4) is 0 Å². The zero-order valence-corrected chi connectivity index (χ0v) is 37.3. The smallest absolute Gasteiger partial charge is 0.822 e. The Morgan fingerprint density at radius 3 is 2.31 bits per heavy atom. The number of nitrogens with one attached hydrogen (secondary N) is 1. The predicted molar refractivity (Wildman–Crippen MR) is 162 cm³/mol. The van der Waals surface area contributed by atoms with Crippen molar-refractivity contribution in [2.24, 2.45) is 10.6 Å². The predicted octanol–water partition coefficient (Wildman–Crippen LogP) is -9.51. The molecule has 17 nitrogen and oxygen atoms in total. The first-order valence-electron chi connectivity index (χ1n) is 12.9. The number of allylic oxidation sites excluding steroid dienone is 1. The van der Waals surface area contributed by atoms with Crippen LogP contribution in [0, 0.1) is 12.3 Å². The van der Waals surface area contributed by atoms with Crippen LogP contribution in [0.5, 0.6) is 0 Å². The van der Waals surface area contributed by atoms with Gasteiger partial charge >= 0.3 is 101 Å². The number of carbonyl (C=O) groups is 4. The molecule has 0 spiro atoms. The number of nitrogens with zero attached hydrogens (tertiary/aromatic N) is 4. The van der Waals surface area contributed by atoms with Gasteiger partial charge in [-0.05, 0) is 39.3 Å². The maximum Gasteiger partial charge on any atom is 1.00 e. The molecular weight excluding hydrogens is 756 g/mol. The fourth-order valence-electron chi connectivity index (χ4n) is 3.73. The van der Waals surface area contributed by atoms with E-state index in [1.807, 2.05) is 13.0 Å². The third kappa shape index (κ3) is 14.0. The molecule has 24 heteroatoms. The molecule has 2 amide bonds. The summed E-state index contributed by atoms with van der Waals surface area (Å²) in [6.45, 7) is 6.27. The average molecular weight is 785 g/mol. The van der Waals surface area contributed by atoms with Crippen molar-refractivity contribution in [2.45, 2.75) is 39.1 Å². The molecule has 2 atom stereocenters. The van der Waals surface area contributed by atoms with E-state index < -0.39 is 55.2 Å². The summed E-state index contributed by atoms with van der Waals surface area (Å²) in [5.74, 6) is -2.26. The van der Waals surface area contributed by atoms with Gasteiger partial charge in [-0.15, -0.1) is 34.4 Å². The Morgan fingerprint density at radius 1 is 1.16 bits per heavy atom. The standard InChI is InChI=1S/C25H28N6O7S3.3Na.H3O4P/c1-12-15(41-10-27-12)7-6-13-8-39-21-17(29-19(32)16(30-36-5)14-9-40-24(26)28-14)20(33)31(21)18(13)22(34)37-11-38-23(35)25(2,3)4;;;;1-5(2,3)4/h6-7,9-10,17,21H,8,11H2,1-5H3,(H2,26,28)(H,29,32);;;;(H3,1,2,3,4)/q;3*+1;/p-3/b7-6-,30-16-;;;;/t17-,21-;;;;/m1..../s1. The quantitative estimate of drug-likeness (QED) is 0.0455. The molecule has 0 aliphatic carbocycles. The Labute approximate surface area is 360 Å². The number of oxime groups is 1. The van der Waals surface area contributed by atoms with Crippen LogP contribution in [0.2, 0.25) is 0 Å². The maximum absolute atomic E-state index is 13.3. The van der Waals surface area contributed by atoms with Gasteiger partial charge in [-0.3, -0.25) is 19.3 Å². The van der Waals surface area contributed by atoms with E-state index in [1.165, 1.54) is 35.1 Å². The normalized spacial score (nSPS) is 17.2. The number of phosphoric acid groups is 1. The number of hydrogen-bond acceptors (Lipinski definition) is 18. The Hall–Kier alpha value is -0.650. The molecule has 0 saturated carbocycles. The van der Waals surface area contributed by atoms with Gasteiger partial charge in [0.25, 0.3) is 11.8 Å². The molecule has 3 N–H and O–H groups in total. The van der Waals surface area contributed by atoms with Crippen molar-refractivity contribution < 1.29 is 141 Å². The summed E-state index contributed by atoms with van der Waals surface area (Å²) in [5, 5.41) is 7.59. The topological polar surface area (TPSA) is 262 Å². The summed E-state index contributed by atoms with van der Waals surface area (Å²) in [7, 11) is -4.11. The van der Waals surface area contributed by atoms with Gasteiger partial charge in [0.05, 0.1) is 16.6 Å². The van der Waals surface area contributed by atoms with Crippen molar-refractivity contribution in [1.82, 2.24) is 20.2 Å². The first-order chi connectivity index (χ1) is 21.4. The summed E-state index contributed by atoms with van der Waals surface area (Å²) >= 11 is 3.92. The summed E-state index contributed by atoms with van der Waals surface area (Å²) in [4.78, 5) is 92.6. The van der Waals surface area contributed by atoms with E-state index in [0.29, 0.717) is 11.3 Å². The third-order valence-corrected chi connectivity index (χ3v) is 8.72. The number of hydrogen-bond donors (Lipinski definition) is 2. The molecule has 1 fully saturated rings. The number of amides is 2. The zero-order chi connectivity index (χ0) is 34.4. The van der Waals surface area contributed by atoms with Gasteiger partial charge in [-0.25, -0.2) is 14.8 Å². The van der Waals surface area contributed by atoms with Crippen molar-refractivity contribution >= 4 is 82.9 Å². The number of anilines is 1. The minimum atomic E-state index is -5.39. The van der Waals surface area contributed by atoms with E-state index in [1.54, 1.807) is 37.7 Å². The molecule has 2 aromatic heterocycles. The molecule has 4 heterocycles.